The first kappa shape index (κ1) is 17.4. The molecule has 0 spiro atoms. The first-order chi connectivity index (χ1) is 13.1. The van der Waals surface area contributed by atoms with E-state index >= 15 is 0 Å². The standard InChI is InChI=1S/C21H22N2O4/c1-14-3-2-4-15(9-14)11-22-21(25)17-6-8-20(24)23(17)12-16-5-7-18-19(10-16)27-13-26-18/h2-5,7,9-10,17H,6,8,11-13H2,1H3,(H,22,25)/t17-/m1/s1. The summed E-state index contributed by atoms with van der Waals surface area (Å²) in [6.07, 6.45) is 0.941. The van der Waals surface area contributed by atoms with Crippen LogP contribution >= 0.6 is 0 Å². The van der Waals surface area contributed by atoms with E-state index < -0.39 is 6.04 Å². The Morgan fingerprint density at radius 2 is 2.00 bits per heavy atom. The maximum atomic E-state index is 12.7. The zero-order valence-corrected chi connectivity index (χ0v) is 15.2. The van der Waals surface area contributed by atoms with E-state index in [2.05, 4.69) is 5.32 Å². The summed E-state index contributed by atoms with van der Waals surface area (Å²) in [7, 11) is 0. The van der Waals surface area contributed by atoms with Gasteiger partial charge in [-0.05, 0) is 36.6 Å². The molecular formula is C21H22N2O4. The Kier molecular flexibility index (Phi) is 4.71. The highest BCUT2D eigenvalue weighted by molar-refractivity contribution is 5.90. The summed E-state index contributed by atoms with van der Waals surface area (Å²) in [6.45, 7) is 3.08. The van der Waals surface area contributed by atoms with E-state index in [0.29, 0.717) is 37.4 Å². The Labute approximate surface area is 158 Å². The van der Waals surface area contributed by atoms with Crippen LogP contribution in [0.3, 0.4) is 0 Å². The molecule has 0 aromatic heterocycles. The first-order valence-electron chi connectivity index (χ1n) is 9.11. The SMILES string of the molecule is Cc1cccc(CNC(=O)[C@H]2CCC(=O)N2Cc2ccc3c(c2)OCO3)c1. The molecule has 6 nitrogen and oxygen atoms in total. The number of rotatable bonds is 5. The lowest BCUT2D eigenvalue weighted by molar-refractivity contribution is -0.135. The fourth-order valence-electron chi connectivity index (χ4n) is 3.57. The van der Waals surface area contributed by atoms with Crippen molar-refractivity contribution in [2.45, 2.75) is 38.9 Å². The van der Waals surface area contributed by atoms with Crippen molar-refractivity contribution in [3.63, 3.8) is 0 Å². The number of aryl methyl sites for hydroxylation is 1. The van der Waals surface area contributed by atoms with Gasteiger partial charge in [0.25, 0.3) is 0 Å². The van der Waals surface area contributed by atoms with Crippen LogP contribution in [-0.4, -0.2) is 29.5 Å². The number of amides is 2. The van der Waals surface area contributed by atoms with Gasteiger partial charge in [0, 0.05) is 19.5 Å². The van der Waals surface area contributed by atoms with Crippen LogP contribution < -0.4 is 14.8 Å². The summed E-state index contributed by atoms with van der Waals surface area (Å²) in [6, 6.07) is 13.2. The van der Waals surface area contributed by atoms with Crippen molar-refractivity contribution >= 4 is 11.8 Å². The summed E-state index contributed by atoms with van der Waals surface area (Å²) in [5.74, 6) is 1.28. The molecule has 2 heterocycles. The molecule has 1 atom stereocenters. The van der Waals surface area contributed by atoms with Crippen LogP contribution in [0.5, 0.6) is 11.5 Å². The van der Waals surface area contributed by atoms with Gasteiger partial charge < -0.3 is 19.7 Å². The van der Waals surface area contributed by atoms with Crippen LogP contribution in [0.4, 0.5) is 0 Å². The highest BCUT2D eigenvalue weighted by atomic mass is 16.7. The fraction of sp³-hybridized carbons (Fsp3) is 0.333. The van der Waals surface area contributed by atoms with Gasteiger partial charge in [-0.15, -0.1) is 0 Å². The molecule has 2 amide bonds. The van der Waals surface area contributed by atoms with Crippen molar-refractivity contribution in [2.24, 2.45) is 0 Å². The van der Waals surface area contributed by atoms with Gasteiger partial charge in [0.15, 0.2) is 11.5 Å². The maximum absolute atomic E-state index is 12.7. The van der Waals surface area contributed by atoms with Crippen molar-refractivity contribution in [1.82, 2.24) is 10.2 Å². The molecule has 4 rings (SSSR count). The molecule has 0 saturated carbocycles. The number of hydrogen-bond donors (Lipinski definition) is 1. The molecule has 0 aliphatic carbocycles. The molecule has 2 aliphatic rings. The zero-order valence-electron chi connectivity index (χ0n) is 15.2. The average Bonchev–Trinajstić information content (AvgIpc) is 3.27. The van der Waals surface area contributed by atoms with Crippen LogP contribution in [0.2, 0.25) is 0 Å². The van der Waals surface area contributed by atoms with E-state index in [1.165, 1.54) is 0 Å². The molecule has 2 aliphatic heterocycles. The summed E-state index contributed by atoms with van der Waals surface area (Å²) in [5.41, 5.74) is 3.13. The quantitative estimate of drug-likeness (QED) is 0.883. The van der Waals surface area contributed by atoms with Crippen molar-refractivity contribution < 1.29 is 19.1 Å². The predicted molar refractivity (Wildman–Crippen MR) is 99.2 cm³/mol. The van der Waals surface area contributed by atoms with Crippen LogP contribution in [0.1, 0.15) is 29.5 Å². The van der Waals surface area contributed by atoms with Gasteiger partial charge in [-0.2, -0.15) is 0 Å². The largest absolute Gasteiger partial charge is 0.454 e. The topological polar surface area (TPSA) is 67.9 Å². The number of ether oxygens (including phenoxy) is 2. The van der Waals surface area contributed by atoms with Crippen LogP contribution in [0.25, 0.3) is 0 Å². The molecule has 0 radical (unpaired) electrons. The highest BCUT2D eigenvalue weighted by Crippen LogP contribution is 2.33. The van der Waals surface area contributed by atoms with E-state index in [0.717, 1.165) is 16.7 Å². The van der Waals surface area contributed by atoms with Gasteiger partial charge >= 0.3 is 0 Å². The second-order valence-electron chi connectivity index (χ2n) is 6.97. The summed E-state index contributed by atoms with van der Waals surface area (Å²) in [4.78, 5) is 26.7. The van der Waals surface area contributed by atoms with E-state index in [-0.39, 0.29) is 18.6 Å². The number of carbonyl (C=O) groups is 2. The molecule has 1 saturated heterocycles. The van der Waals surface area contributed by atoms with Crippen molar-refractivity contribution in [2.75, 3.05) is 6.79 Å². The number of fused-ring (bicyclic) bond motifs is 1. The third kappa shape index (κ3) is 3.74. The Hall–Kier alpha value is -3.02. The minimum Gasteiger partial charge on any atom is -0.454 e. The summed E-state index contributed by atoms with van der Waals surface area (Å²) < 4.78 is 10.7. The maximum Gasteiger partial charge on any atom is 0.243 e. The molecule has 27 heavy (non-hydrogen) atoms. The van der Waals surface area contributed by atoms with Crippen LogP contribution in [0, 0.1) is 6.92 Å². The lowest BCUT2D eigenvalue weighted by Gasteiger charge is -2.24. The lowest BCUT2D eigenvalue weighted by Crippen LogP contribution is -2.44. The third-order valence-corrected chi connectivity index (χ3v) is 4.97. The van der Waals surface area contributed by atoms with Gasteiger partial charge in [-0.1, -0.05) is 35.9 Å². The fourth-order valence-corrected chi connectivity index (χ4v) is 3.57. The second-order valence-corrected chi connectivity index (χ2v) is 6.97. The molecule has 6 heteroatoms. The van der Waals surface area contributed by atoms with Gasteiger partial charge in [0.05, 0.1) is 0 Å². The predicted octanol–water partition coefficient (Wildman–Crippen LogP) is 2.53. The molecule has 2 aromatic rings. The number of nitrogens with zero attached hydrogens (tertiary/aromatic N) is 1. The Morgan fingerprint density at radius 3 is 2.85 bits per heavy atom. The zero-order chi connectivity index (χ0) is 18.8. The van der Waals surface area contributed by atoms with Crippen LogP contribution in [-0.2, 0) is 22.7 Å². The minimum atomic E-state index is -0.437. The molecule has 2 aromatic carbocycles. The molecular weight excluding hydrogens is 344 g/mol. The van der Waals surface area contributed by atoms with Gasteiger partial charge in [0.2, 0.25) is 18.6 Å². The average molecular weight is 366 g/mol. The summed E-state index contributed by atoms with van der Waals surface area (Å²) >= 11 is 0. The first-order valence-corrected chi connectivity index (χ1v) is 9.11. The van der Waals surface area contributed by atoms with Gasteiger partial charge in [-0.25, -0.2) is 0 Å². The van der Waals surface area contributed by atoms with Gasteiger partial charge in [-0.3, -0.25) is 9.59 Å². The summed E-state index contributed by atoms with van der Waals surface area (Å²) in [5, 5.41) is 2.97. The van der Waals surface area contributed by atoms with Crippen molar-refractivity contribution in [3.8, 4) is 11.5 Å². The van der Waals surface area contributed by atoms with E-state index in [4.69, 9.17) is 9.47 Å². The highest BCUT2D eigenvalue weighted by Gasteiger charge is 2.36. The Bertz CT molecular complexity index is 880. The van der Waals surface area contributed by atoms with Crippen molar-refractivity contribution in [3.05, 3.63) is 59.2 Å². The van der Waals surface area contributed by atoms with E-state index in [1.54, 1.807) is 4.90 Å². The smallest absolute Gasteiger partial charge is 0.243 e. The third-order valence-electron chi connectivity index (χ3n) is 4.97. The monoisotopic (exact) mass is 366 g/mol. The molecule has 0 bridgehead atoms. The number of carbonyl (C=O) groups excluding carboxylic acids is 2. The molecule has 1 fully saturated rings. The van der Waals surface area contributed by atoms with Gasteiger partial charge in [0.1, 0.15) is 6.04 Å². The number of hydrogen-bond acceptors (Lipinski definition) is 4. The van der Waals surface area contributed by atoms with E-state index in [1.807, 2.05) is 49.4 Å². The Balaban J connectivity index is 1.42. The molecule has 1 N–H and O–H groups in total. The number of nitrogens with one attached hydrogen (secondary N) is 1. The minimum absolute atomic E-state index is 0.00312. The van der Waals surface area contributed by atoms with Crippen LogP contribution in [0.15, 0.2) is 42.5 Å². The molecule has 0 unspecified atom stereocenters. The van der Waals surface area contributed by atoms with Crippen molar-refractivity contribution in [1.29, 1.82) is 0 Å². The second kappa shape index (κ2) is 7.31. The number of benzene rings is 2. The van der Waals surface area contributed by atoms with E-state index in [9.17, 15) is 9.59 Å². The lowest BCUT2D eigenvalue weighted by atomic mass is 10.1. The normalized spacial score (nSPS) is 18.0. The number of likely N-dealkylation sites (tertiary alicyclic amines) is 1. The molecule has 140 valence electrons. The Morgan fingerprint density at radius 1 is 1.15 bits per heavy atom.